The summed E-state index contributed by atoms with van der Waals surface area (Å²) in [4.78, 5) is 4.55. The second kappa shape index (κ2) is 5.48. The molecule has 5 nitrogen and oxygen atoms in total. The Labute approximate surface area is 114 Å². The third-order valence-corrected chi connectivity index (χ3v) is 3.77. The van der Waals surface area contributed by atoms with Crippen LogP contribution in [0.15, 0.2) is 23.4 Å². The normalized spacial score (nSPS) is 20.3. The number of likely N-dealkylation sites (N-methyl/N-ethyl adjacent to an activating group) is 1. The topological polar surface area (TPSA) is 65.1 Å². The van der Waals surface area contributed by atoms with E-state index in [2.05, 4.69) is 41.2 Å². The van der Waals surface area contributed by atoms with Gasteiger partial charge in [0.15, 0.2) is 5.84 Å². The Morgan fingerprint density at radius 1 is 1.47 bits per heavy atom. The lowest BCUT2D eigenvalue weighted by Gasteiger charge is -2.24. The van der Waals surface area contributed by atoms with Crippen LogP contribution in [0.25, 0.3) is 0 Å². The van der Waals surface area contributed by atoms with Gasteiger partial charge in [0.05, 0.1) is 0 Å². The number of amidine groups is 1. The lowest BCUT2D eigenvalue weighted by molar-refractivity contribution is 0.315. The van der Waals surface area contributed by atoms with E-state index in [0.717, 1.165) is 36.3 Å². The van der Waals surface area contributed by atoms with Crippen LogP contribution in [0.2, 0.25) is 0 Å². The summed E-state index contributed by atoms with van der Waals surface area (Å²) in [5, 5.41) is 12.1. The van der Waals surface area contributed by atoms with Gasteiger partial charge in [-0.05, 0) is 39.6 Å². The molecule has 3 N–H and O–H groups in total. The molecule has 1 fully saturated rings. The Hall–Kier alpha value is -1.75. The first kappa shape index (κ1) is 13.7. The molecule has 1 aromatic rings. The Kier molecular flexibility index (Phi) is 3.95. The second-order valence-electron chi connectivity index (χ2n) is 5.36. The van der Waals surface area contributed by atoms with E-state index >= 15 is 0 Å². The first-order chi connectivity index (χ1) is 9.02. The summed E-state index contributed by atoms with van der Waals surface area (Å²) >= 11 is 0. The highest BCUT2D eigenvalue weighted by atomic mass is 16.4. The number of nitrogens with two attached hydrogens (primary N) is 1. The van der Waals surface area contributed by atoms with Gasteiger partial charge in [-0.25, -0.2) is 0 Å². The molecule has 1 aromatic carbocycles. The molecule has 0 aliphatic carbocycles. The number of hydrogen-bond donors (Lipinski definition) is 2. The SMILES string of the molecule is Cc1ccc(N2CCC(N(C)C)C2)c(/C(N)=N/O)c1. The van der Waals surface area contributed by atoms with Gasteiger partial charge in [0.2, 0.25) is 0 Å². The molecule has 0 aromatic heterocycles. The maximum absolute atomic E-state index is 8.92. The van der Waals surface area contributed by atoms with E-state index in [0.29, 0.717) is 6.04 Å². The molecule has 19 heavy (non-hydrogen) atoms. The fourth-order valence-electron chi connectivity index (χ4n) is 2.57. The molecule has 0 amide bonds. The Morgan fingerprint density at radius 2 is 2.21 bits per heavy atom. The average Bonchev–Trinajstić information content (AvgIpc) is 2.87. The molecule has 1 unspecified atom stereocenters. The van der Waals surface area contributed by atoms with Crippen LogP contribution in [0.4, 0.5) is 5.69 Å². The van der Waals surface area contributed by atoms with Gasteiger partial charge in [0, 0.05) is 30.4 Å². The number of rotatable bonds is 3. The first-order valence-electron chi connectivity index (χ1n) is 6.53. The summed E-state index contributed by atoms with van der Waals surface area (Å²) in [6.45, 7) is 3.98. The van der Waals surface area contributed by atoms with E-state index in [1.165, 1.54) is 0 Å². The maximum atomic E-state index is 8.92. The predicted molar refractivity (Wildman–Crippen MR) is 78.0 cm³/mol. The van der Waals surface area contributed by atoms with Gasteiger partial charge in [-0.2, -0.15) is 0 Å². The van der Waals surface area contributed by atoms with Gasteiger partial charge in [-0.15, -0.1) is 0 Å². The minimum Gasteiger partial charge on any atom is -0.409 e. The third-order valence-electron chi connectivity index (χ3n) is 3.77. The van der Waals surface area contributed by atoms with E-state index in [9.17, 15) is 0 Å². The number of anilines is 1. The van der Waals surface area contributed by atoms with E-state index in [4.69, 9.17) is 10.9 Å². The van der Waals surface area contributed by atoms with Gasteiger partial charge >= 0.3 is 0 Å². The smallest absolute Gasteiger partial charge is 0.172 e. The minimum absolute atomic E-state index is 0.173. The molecule has 0 saturated carbocycles. The van der Waals surface area contributed by atoms with E-state index in [-0.39, 0.29) is 5.84 Å². The lowest BCUT2D eigenvalue weighted by atomic mass is 10.1. The largest absolute Gasteiger partial charge is 0.409 e. The van der Waals surface area contributed by atoms with Crippen molar-refractivity contribution < 1.29 is 5.21 Å². The summed E-state index contributed by atoms with van der Waals surface area (Å²) in [6, 6.07) is 6.64. The summed E-state index contributed by atoms with van der Waals surface area (Å²) in [7, 11) is 4.21. The molecular formula is C14H22N4O. The zero-order chi connectivity index (χ0) is 14.0. The van der Waals surface area contributed by atoms with Crippen molar-refractivity contribution in [3.63, 3.8) is 0 Å². The van der Waals surface area contributed by atoms with Gasteiger partial charge in [0.1, 0.15) is 0 Å². The average molecular weight is 262 g/mol. The number of benzene rings is 1. The van der Waals surface area contributed by atoms with Crippen molar-refractivity contribution in [2.75, 3.05) is 32.1 Å². The summed E-state index contributed by atoms with van der Waals surface area (Å²) in [5.41, 5.74) is 8.75. The van der Waals surface area contributed by atoms with Crippen LogP contribution in [-0.2, 0) is 0 Å². The van der Waals surface area contributed by atoms with Crippen molar-refractivity contribution in [1.82, 2.24) is 4.90 Å². The number of aryl methyl sites for hydroxylation is 1. The molecule has 1 aliphatic rings. The molecule has 1 heterocycles. The molecule has 0 bridgehead atoms. The molecule has 5 heteroatoms. The van der Waals surface area contributed by atoms with Crippen LogP contribution >= 0.6 is 0 Å². The predicted octanol–water partition coefficient (Wildman–Crippen LogP) is 1.23. The Bertz CT molecular complexity index is 484. The van der Waals surface area contributed by atoms with Crippen molar-refractivity contribution in [2.24, 2.45) is 10.9 Å². The zero-order valence-electron chi connectivity index (χ0n) is 11.8. The minimum atomic E-state index is 0.173. The highest BCUT2D eigenvalue weighted by molar-refractivity contribution is 6.02. The lowest BCUT2D eigenvalue weighted by Crippen LogP contribution is -2.32. The Balaban J connectivity index is 2.30. The van der Waals surface area contributed by atoms with Gasteiger partial charge < -0.3 is 20.7 Å². The van der Waals surface area contributed by atoms with Crippen molar-refractivity contribution in [2.45, 2.75) is 19.4 Å². The molecule has 0 spiro atoms. The highest BCUT2D eigenvalue weighted by Crippen LogP contribution is 2.26. The van der Waals surface area contributed by atoms with Crippen LogP contribution < -0.4 is 10.6 Å². The molecule has 1 aliphatic heterocycles. The van der Waals surface area contributed by atoms with E-state index in [1.807, 2.05) is 13.0 Å². The fourth-order valence-corrected chi connectivity index (χ4v) is 2.57. The number of hydrogen-bond acceptors (Lipinski definition) is 4. The molecular weight excluding hydrogens is 240 g/mol. The molecule has 1 atom stereocenters. The van der Waals surface area contributed by atoms with Gasteiger partial charge in [0.25, 0.3) is 0 Å². The van der Waals surface area contributed by atoms with Gasteiger partial charge in [-0.1, -0.05) is 16.8 Å². The molecule has 1 saturated heterocycles. The third kappa shape index (κ3) is 2.81. The van der Waals surface area contributed by atoms with Gasteiger partial charge in [-0.3, -0.25) is 0 Å². The van der Waals surface area contributed by atoms with Crippen LogP contribution in [0.3, 0.4) is 0 Å². The van der Waals surface area contributed by atoms with Crippen molar-refractivity contribution >= 4 is 11.5 Å². The van der Waals surface area contributed by atoms with Crippen molar-refractivity contribution in [1.29, 1.82) is 0 Å². The maximum Gasteiger partial charge on any atom is 0.172 e. The first-order valence-corrected chi connectivity index (χ1v) is 6.53. The second-order valence-corrected chi connectivity index (χ2v) is 5.36. The van der Waals surface area contributed by atoms with E-state index < -0.39 is 0 Å². The summed E-state index contributed by atoms with van der Waals surface area (Å²) in [5.74, 6) is 0.173. The zero-order valence-corrected chi connectivity index (χ0v) is 11.8. The van der Waals surface area contributed by atoms with Crippen molar-refractivity contribution in [3.8, 4) is 0 Å². The number of oxime groups is 1. The van der Waals surface area contributed by atoms with Crippen LogP contribution in [0.5, 0.6) is 0 Å². The number of nitrogens with zero attached hydrogens (tertiary/aromatic N) is 3. The monoisotopic (exact) mass is 262 g/mol. The highest BCUT2D eigenvalue weighted by Gasteiger charge is 2.26. The van der Waals surface area contributed by atoms with Crippen LogP contribution in [-0.4, -0.2) is 49.2 Å². The fraction of sp³-hybridized carbons (Fsp3) is 0.500. The molecule has 104 valence electrons. The van der Waals surface area contributed by atoms with Crippen LogP contribution in [0, 0.1) is 6.92 Å². The van der Waals surface area contributed by atoms with E-state index in [1.54, 1.807) is 0 Å². The van der Waals surface area contributed by atoms with Crippen molar-refractivity contribution in [3.05, 3.63) is 29.3 Å². The molecule has 0 radical (unpaired) electrons. The Morgan fingerprint density at radius 3 is 2.79 bits per heavy atom. The quantitative estimate of drug-likeness (QED) is 0.372. The van der Waals surface area contributed by atoms with Crippen LogP contribution in [0.1, 0.15) is 17.5 Å². The standard InChI is InChI=1S/C14H22N4O/c1-10-4-5-13(12(8-10)14(15)16-19)18-7-6-11(9-18)17(2)3/h4-5,8,11,19H,6-7,9H2,1-3H3,(H2,15,16). The summed E-state index contributed by atoms with van der Waals surface area (Å²) in [6.07, 6.45) is 1.14. The molecule has 2 rings (SSSR count). The summed E-state index contributed by atoms with van der Waals surface area (Å²) < 4.78 is 0.